The summed E-state index contributed by atoms with van der Waals surface area (Å²) in [5.41, 5.74) is 0.491. The number of amides is 1. The molecule has 0 unspecified atom stereocenters. The number of ether oxygens (including phenoxy) is 5. The predicted octanol–water partition coefficient (Wildman–Crippen LogP) is 2.29. The number of sulfonamides is 1. The molecule has 0 spiro atoms. The van der Waals surface area contributed by atoms with Crippen LogP contribution in [0, 0.1) is 0 Å². The molecule has 1 aliphatic rings. The quantitative estimate of drug-likeness (QED) is 0.242. The summed E-state index contributed by atoms with van der Waals surface area (Å²) in [6.07, 6.45) is 1.38. The van der Waals surface area contributed by atoms with Crippen molar-refractivity contribution in [2.24, 2.45) is 0 Å². The first-order valence-corrected chi connectivity index (χ1v) is 15.6. The lowest BCUT2D eigenvalue weighted by atomic mass is 9.93. The average molecular weight is 647 g/mol. The van der Waals surface area contributed by atoms with E-state index in [4.69, 9.17) is 28.1 Å². The van der Waals surface area contributed by atoms with Crippen molar-refractivity contribution in [2.75, 3.05) is 61.2 Å². The molecule has 2 heterocycles. The molecule has 0 saturated heterocycles. The van der Waals surface area contributed by atoms with Crippen LogP contribution in [0.2, 0.25) is 0 Å². The van der Waals surface area contributed by atoms with Crippen molar-refractivity contribution in [3.63, 3.8) is 0 Å². The van der Waals surface area contributed by atoms with Crippen LogP contribution in [0.1, 0.15) is 17.9 Å². The average Bonchev–Trinajstić information content (AvgIpc) is 3.06. The third-order valence-corrected chi connectivity index (χ3v) is 9.27. The lowest BCUT2D eigenvalue weighted by molar-refractivity contribution is -0.158. The second-order valence-electron chi connectivity index (χ2n) is 10.2. The summed E-state index contributed by atoms with van der Waals surface area (Å²) < 4.78 is 60.9. The van der Waals surface area contributed by atoms with E-state index in [-0.39, 0.29) is 48.7 Å². The van der Waals surface area contributed by atoms with Gasteiger partial charge in [-0.15, -0.1) is 0 Å². The number of aliphatic hydroxyl groups is 1. The van der Waals surface area contributed by atoms with Gasteiger partial charge in [-0.25, -0.2) is 8.42 Å². The van der Waals surface area contributed by atoms with Gasteiger partial charge in [0.2, 0.25) is 16.3 Å². The van der Waals surface area contributed by atoms with Crippen LogP contribution in [0.15, 0.2) is 80.7 Å². The third-order valence-electron chi connectivity index (χ3n) is 7.36. The van der Waals surface area contributed by atoms with Crippen LogP contribution >= 0.6 is 0 Å². The molecule has 0 radical (unpaired) electrons. The Balaban J connectivity index is 1.56. The second kappa shape index (κ2) is 15.5. The number of fused-ring (bicyclic) bond motifs is 1. The molecule has 1 N–H and O–H groups in total. The zero-order chi connectivity index (χ0) is 32.6. The van der Waals surface area contributed by atoms with Crippen LogP contribution in [0.3, 0.4) is 0 Å². The minimum Gasteiger partial charge on any atom is -0.497 e. The summed E-state index contributed by atoms with van der Waals surface area (Å²) in [7, 11) is 1.97. The number of hydrogen-bond acceptors (Lipinski definition) is 11. The number of hydrogen-bond donors (Lipinski definition) is 1. The normalized spacial score (nSPS) is 16.9. The van der Waals surface area contributed by atoms with E-state index < -0.39 is 41.0 Å². The summed E-state index contributed by atoms with van der Waals surface area (Å²) in [6.45, 7) is -0.731. The molecule has 1 aromatic heterocycles. The van der Waals surface area contributed by atoms with E-state index in [9.17, 15) is 23.1 Å². The SMILES string of the molecule is COc1ccc(S(=O)(=O)N(CCO)CCO[C@@H]2C[C@H](c3coc4ccccc4c3=O)C=C(C(=O)N(C)CC(OC)OC)O2)cc1. The van der Waals surface area contributed by atoms with Gasteiger partial charge in [-0.3, -0.25) is 9.59 Å². The fourth-order valence-electron chi connectivity index (χ4n) is 4.86. The minimum absolute atomic E-state index is 0.0260. The Morgan fingerprint density at radius 3 is 2.44 bits per heavy atom. The molecule has 0 bridgehead atoms. The minimum atomic E-state index is -3.98. The van der Waals surface area contributed by atoms with Crippen LogP contribution in [0.4, 0.5) is 0 Å². The molecule has 0 aliphatic carbocycles. The van der Waals surface area contributed by atoms with Crippen molar-refractivity contribution in [3.05, 3.63) is 82.4 Å². The predicted molar refractivity (Wildman–Crippen MR) is 163 cm³/mol. The Bertz CT molecular complexity index is 1640. The standard InChI is InChI=1S/C31H38N2O11S/c1-32(19-29(40-3)41-4)31(36)27-17-21(25-20-43-26-8-6-5-7-24(26)30(25)35)18-28(44-27)42-16-14-33(13-15-34)45(37,38)23-11-9-22(39-2)10-12-23/h5-12,17,20-21,28-29,34H,13-16,18-19H2,1-4H3/t21-,28+/m1/s1. The van der Waals surface area contributed by atoms with E-state index >= 15 is 0 Å². The Kier molecular flexibility index (Phi) is 11.7. The van der Waals surface area contributed by atoms with Crippen LogP contribution in [-0.4, -0.2) is 102 Å². The lowest BCUT2D eigenvalue weighted by Gasteiger charge is -2.31. The van der Waals surface area contributed by atoms with Gasteiger partial charge >= 0.3 is 0 Å². The molecule has 14 heteroatoms. The van der Waals surface area contributed by atoms with Gasteiger partial charge in [-0.05, 0) is 42.5 Å². The molecule has 4 rings (SSSR count). The summed E-state index contributed by atoms with van der Waals surface area (Å²) in [5.74, 6) is -0.675. The van der Waals surface area contributed by atoms with Crippen molar-refractivity contribution < 1.29 is 46.4 Å². The van der Waals surface area contributed by atoms with Crippen molar-refractivity contribution in [1.82, 2.24) is 9.21 Å². The maximum atomic E-state index is 13.4. The van der Waals surface area contributed by atoms with Crippen molar-refractivity contribution in [3.8, 4) is 5.75 Å². The van der Waals surface area contributed by atoms with Gasteiger partial charge in [0.1, 0.15) is 11.3 Å². The highest BCUT2D eigenvalue weighted by Gasteiger charge is 2.33. The molecule has 13 nitrogen and oxygen atoms in total. The second-order valence-corrected chi connectivity index (χ2v) is 12.1. The number of rotatable bonds is 15. The molecule has 2 aromatic carbocycles. The van der Waals surface area contributed by atoms with E-state index in [1.807, 2.05) is 0 Å². The van der Waals surface area contributed by atoms with Gasteiger partial charge in [0.05, 0.1) is 43.4 Å². The highest BCUT2D eigenvalue weighted by Crippen LogP contribution is 2.32. The molecule has 0 fully saturated rings. The molecule has 45 heavy (non-hydrogen) atoms. The van der Waals surface area contributed by atoms with Crippen LogP contribution in [0.25, 0.3) is 11.0 Å². The topological polar surface area (TPSA) is 154 Å². The maximum Gasteiger partial charge on any atom is 0.288 e. The summed E-state index contributed by atoms with van der Waals surface area (Å²) in [5, 5.41) is 9.98. The summed E-state index contributed by atoms with van der Waals surface area (Å²) in [4.78, 5) is 28.2. The number of likely N-dealkylation sites (N-methyl/N-ethyl adjacent to an activating group) is 1. The smallest absolute Gasteiger partial charge is 0.288 e. The molecule has 1 aliphatic heterocycles. The van der Waals surface area contributed by atoms with Crippen LogP contribution in [-0.2, 0) is 33.8 Å². The number of nitrogens with zero attached hydrogens (tertiary/aromatic N) is 2. The third kappa shape index (κ3) is 8.09. The van der Waals surface area contributed by atoms with Crippen LogP contribution in [0.5, 0.6) is 5.75 Å². The molecular formula is C31H38N2O11S. The van der Waals surface area contributed by atoms with Gasteiger partial charge in [0.15, 0.2) is 17.5 Å². The Morgan fingerprint density at radius 1 is 1.07 bits per heavy atom. The summed E-state index contributed by atoms with van der Waals surface area (Å²) >= 11 is 0. The van der Waals surface area contributed by atoms with Crippen LogP contribution < -0.4 is 10.2 Å². The molecule has 1 amide bonds. The number of carbonyl (C=O) groups excluding carboxylic acids is 1. The largest absolute Gasteiger partial charge is 0.497 e. The summed E-state index contributed by atoms with van der Waals surface area (Å²) in [6, 6.07) is 12.7. The number of benzene rings is 2. The van der Waals surface area contributed by atoms with E-state index in [2.05, 4.69) is 0 Å². The fraction of sp³-hybridized carbons (Fsp3) is 0.419. The highest BCUT2D eigenvalue weighted by atomic mass is 32.2. The number of methoxy groups -OCH3 is 3. The molecule has 3 aromatic rings. The maximum absolute atomic E-state index is 13.4. The number of aliphatic hydroxyl groups excluding tert-OH is 1. The van der Waals surface area contributed by atoms with Gasteiger partial charge in [-0.2, -0.15) is 4.31 Å². The zero-order valence-corrected chi connectivity index (χ0v) is 26.4. The first kappa shape index (κ1) is 34.1. The fourth-order valence-corrected chi connectivity index (χ4v) is 6.28. The van der Waals surface area contributed by atoms with Gasteiger partial charge in [0.25, 0.3) is 5.91 Å². The molecule has 0 saturated carbocycles. The number of allylic oxidation sites excluding steroid dienone is 1. The number of carbonyl (C=O) groups is 1. The molecule has 2 atom stereocenters. The van der Waals surface area contributed by atoms with E-state index in [1.54, 1.807) is 37.4 Å². The first-order valence-electron chi connectivity index (χ1n) is 14.2. The lowest BCUT2D eigenvalue weighted by Crippen LogP contribution is -2.40. The van der Waals surface area contributed by atoms with Gasteiger partial charge in [-0.1, -0.05) is 12.1 Å². The Morgan fingerprint density at radius 2 is 1.78 bits per heavy atom. The Labute approximate surface area is 261 Å². The van der Waals surface area contributed by atoms with Crippen molar-refractivity contribution in [2.45, 2.75) is 29.8 Å². The molecule has 244 valence electrons. The highest BCUT2D eigenvalue weighted by molar-refractivity contribution is 7.89. The van der Waals surface area contributed by atoms with E-state index in [1.165, 1.54) is 56.8 Å². The van der Waals surface area contributed by atoms with E-state index in [0.717, 1.165) is 4.31 Å². The zero-order valence-electron chi connectivity index (χ0n) is 25.6. The Hall–Kier alpha value is -3.79. The monoisotopic (exact) mass is 646 g/mol. The number of para-hydroxylation sites is 1. The van der Waals surface area contributed by atoms with E-state index in [0.29, 0.717) is 22.3 Å². The molecular weight excluding hydrogens is 608 g/mol. The van der Waals surface area contributed by atoms with Gasteiger partial charge in [0, 0.05) is 52.3 Å². The first-order chi connectivity index (χ1) is 21.6. The van der Waals surface area contributed by atoms with Crippen molar-refractivity contribution in [1.29, 1.82) is 0 Å². The van der Waals surface area contributed by atoms with Crippen molar-refractivity contribution >= 4 is 26.9 Å². The van der Waals surface area contributed by atoms with Gasteiger partial charge < -0.3 is 38.1 Å².